The zero-order chi connectivity index (χ0) is 14.4. The first-order valence-electron chi connectivity index (χ1n) is 8.85. The summed E-state index contributed by atoms with van der Waals surface area (Å²) in [5.74, 6) is 1.51. The highest BCUT2D eigenvalue weighted by atomic mass is 15.3. The second kappa shape index (κ2) is 8.35. The molecule has 0 bridgehead atoms. The quantitative estimate of drug-likeness (QED) is 0.778. The highest BCUT2D eigenvalue weighted by Gasteiger charge is 2.26. The lowest BCUT2D eigenvalue weighted by Gasteiger charge is -2.38. The van der Waals surface area contributed by atoms with Crippen molar-refractivity contribution in [2.75, 3.05) is 39.3 Å². The minimum atomic E-state index is 0.725. The minimum Gasteiger partial charge on any atom is -0.330 e. The minimum absolute atomic E-state index is 0.725. The predicted octanol–water partition coefficient (Wildman–Crippen LogP) is 2.56. The molecule has 3 heteroatoms. The van der Waals surface area contributed by atoms with Gasteiger partial charge in [0.25, 0.3) is 0 Å². The van der Waals surface area contributed by atoms with Crippen LogP contribution in [0.1, 0.15) is 52.4 Å². The maximum atomic E-state index is 5.91. The molecule has 3 nitrogen and oxygen atoms in total. The van der Waals surface area contributed by atoms with Gasteiger partial charge in [-0.3, -0.25) is 4.90 Å². The summed E-state index contributed by atoms with van der Waals surface area (Å²) >= 11 is 0. The summed E-state index contributed by atoms with van der Waals surface area (Å²) in [5, 5.41) is 0. The van der Waals surface area contributed by atoms with E-state index < -0.39 is 0 Å². The molecule has 2 aliphatic rings. The molecule has 1 saturated heterocycles. The first kappa shape index (κ1) is 16.3. The van der Waals surface area contributed by atoms with Crippen LogP contribution in [0.25, 0.3) is 0 Å². The fourth-order valence-electron chi connectivity index (χ4n) is 3.99. The van der Waals surface area contributed by atoms with Crippen LogP contribution in [-0.2, 0) is 0 Å². The zero-order valence-corrected chi connectivity index (χ0v) is 13.7. The van der Waals surface area contributed by atoms with Gasteiger partial charge in [-0.1, -0.05) is 26.7 Å². The number of nitrogens with two attached hydrogens (primary N) is 1. The first-order valence-corrected chi connectivity index (χ1v) is 8.85. The molecule has 1 saturated carbocycles. The average molecular weight is 281 g/mol. The summed E-state index contributed by atoms with van der Waals surface area (Å²) in [6, 6.07) is 0.912. The highest BCUT2D eigenvalue weighted by Crippen LogP contribution is 2.24. The van der Waals surface area contributed by atoms with Crippen molar-refractivity contribution in [1.29, 1.82) is 0 Å². The molecule has 0 radical (unpaired) electrons. The molecule has 0 aromatic rings. The van der Waals surface area contributed by atoms with Crippen molar-refractivity contribution in [2.45, 2.75) is 58.4 Å². The summed E-state index contributed by atoms with van der Waals surface area (Å²) < 4.78 is 0. The smallest absolute Gasteiger partial charge is 0.0113 e. The van der Waals surface area contributed by atoms with Gasteiger partial charge in [0, 0.05) is 32.2 Å². The largest absolute Gasteiger partial charge is 0.330 e. The van der Waals surface area contributed by atoms with Crippen LogP contribution >= 0.6 is 0 Å². The molecule has 2 fully saturated rings. The fourth-order valence-corrected chi connectivity index (χ4v) is 3.99. The maximum absolute atomic E-state index is 5.91. The SMILES string of the molecule is CC(C)CC(CN)CCN1CCN(C2CCCC2)CC1. The van der Waals surface area contributed by atoms with E-state index in [1.54, 1.807) is 0 Å². The lowest BCUT2D eigenvalue weighted by Crippen LogP contribution is -2.50. The molecule has 0 aromatic carbocycles. The summed E-state index contributed by atoms with van der Waals surface area (Å²) in [4.78, 5) is 5.41. The van der Waals surface area contributed by atoms with Crippen LogP contribution in [0.4, 0.5) is 0 Å². The Morgan fingerprint density at radius 3 is 2.25 bits per heavy atom. The van der Waals surface area contributed by atoms with Crippen molar-refractivity contribution >= 4 is 0 Å². The molecule has 1 aliphatic carbocycles. The van der Waals surface area contributed by atoms with Crippen LogP contribution in [0.2, 0.25) is 0 Å². The van der Waals surface area contributed by atoms with Crippen molar-refractivity contribution in [2.24, 2.45) is 17.6 Å². The zero-order valence-electron chi connectivity index (χ0n) is 13.7. The molecule has 2 rings (SSSR count). The van der Waals surface area contributed by atoms with Crippen molar-refractivity contribution in [3.63, 3.8) is 0 Å². The first-order chi connectivity index (χ1) is 9.69. The van der Waals surface area contributed by atoms with Crippen LogP contribution in [-0.4, -0.2) is 55.1 Å². The van der Waals surface area contributed by atoms with Crippen molar-refractivity contribution in [1.82, 2.24) is 9.80 Å². The molecule has 1 heterocycles. The Morgan fingerprint density at radius 2 is 1.70 bits per heavy atom. The van der Waals surface area contributed by atoms with Crippen LogP contribution in [0.5, 0.6) is 0 Å². The van der Waals surface area contributed by atoms with E-state index in [2.05, 4.69) is 23.6 Å². The Morgan fingerprint density at radius 1 is 1.05 bits per heavy atom. The predicted molar refractivity (Wildman–Crippen MR) is 86.9 cm³/mol. The van der Waals surface area contributed by atoms with E-state index in [9.17, 15) is 0 Å². The van der Waals surface area contributed by atoms with Crippen LogP contribution < -0.4 is 5.73 Å². The molecule has 0 spiro atoms. The van der Waals surface area contributed by atoms with Crippen molar-refractivity contribution in [3.8, 4) is 0 Å². The van der Waals surface area contributed by atoms with Gasteiger partial charge >= 0.3 is 0 Å². The molecule has 118 valence electrons. The molecule has 1 atom stereocenters. The van der Waals surface area contributed by atoms with Gasteiger partial charge in [-0.05, 0) is 50.6 Å². The Kier molecular flexibility index (Phi) is 6.79. The van der Waals surface area contributed by atoms with Crippen LogP contribution in [0, 0.1) is 11.8 Å². The van der Waals surface area contributed by atoms with Gasteiger partial charge in [0.2, 0.25) is 0 Å². The normalized spacial score (nSPS) is 24.6. The second-order valence-electron chi connectivity index (χ2n) is 7.34. The van der Waals surface area contributed by atoms with Gasteiger partial charge in [0.1, 0.15) is 0 Å². The monoisotopic (exact) mass is 281 g/mol. The molecular formula is C17H35N3. The van der Waals surface area contributed by atoms with Gasteiger partial charge in [0.15, 0.2) is 0 Å². The van der Waals surface area contributed by atoms with E-state index in [0.717, 1.165) is 24.4 Å². The number of nitrogens with zero attached hydrogens (tertiary/aromatic N) is 2. The Hall–Kier alpha value is -0.120. The van der Waals surface area contributed by atoms with Crippen LogP contribution in [0.3, 0.4) is 0 Å². The van der Waals surface area contributed by atoms with Gasteiger partial charge in [-0.25, -0.2) is 0 Å². The molecule has 1 unspecified atom stereocenters. The number of hydrogen-bond donors (Lipinski definition) is 1. The van der Waals surface area contributed by atoms with Crippen molar-refractivity contribution in [3.05, 3.63) is 0 Å². The van der Waals surface area contributed by atoms with E-state index in [4.69, 9.17) is 5.73 Å². The van der Waals surface area contributed by atoms with Crippen molar-refractivity contribution < 1.29 is 0 Å². The third-order valence-electron chi connectivity index (χ3n) is 5.24. The third-order valence-corrected chi connectivity index (χ3v) is 5.24. The number of hydrogen-bond acceptors (Lipinski definition) is 3. The molecule has 1 aliphatic heterocycles. The number of piperazine rings is 1. The Labute approximate surface area is 125 Å². The van der Waals surface area contributed by atoms with E-state index in [0.29, 0.717) is 0 Å². The topological polar surface area (TPSA) is 32.5 Å². The molecular weight excluding hydrogens is 246 g/mol. The lowest BCUT2D eigenvalue weighted by molar-refractivity contribution is 0.0935. The van der Waals surface area contributed by atoms with E-state index in [-0.39, 0.29) is 0 Å². The summed E-state index contributed by atoms with van der Waals surface area (Å²) in [7, 11) is 0. The van der Waals surface area contributed by atoms with Gasteiger partial charge in [-0.15, -0.1) is 0 Å². The third kappa shape index (κ3) is 5.01. The molecule has 20 heavy (non-hydrogen) atoms. The fraction of sp³-hybridized carbons (Fsp3) is 1.00. The Balaban J connectivity index is 1.63. The van der Waals surface area contributed by atoms with Gasteiger partial charge in [-0.2, -0.15) is 0 Å². The van der Waals surface area contributed by atoms with E-state index in [1.165, 1.54) is 71.2 Å². The van der Waals surface area contributed by atoms with E-state index >= 15 is 0 Å². The summed E-state index contributed by atoms with van der Waals surface area (Å²) in [5.41, 5.74) is 5.91. The molecule has 0 aromatic heterocycles. The standard InChI is InChI=1S/C17H35N3/c1-15(2)13-16(14-18)7-8-19-9-11-20(12-10-19)17-5-3-4-6-17/h15-17H,3-14,18H2,1-2H3. The van der Waals surface area contributed by atoms with E-state index in [1.807, 2.05) is 0 Å². The Bertz CT molecular complexity index is 253. The highest BCUT2D eigenvalue weighted by molar-refractivity contribution is 4.82. The lowest BCUT2D eigenvalue weighted by atomic mass is 9.94. The molecule has 0 amide bonds. The van der Waals surface area contributed by atoms with Crippen LogP contribution in [0.15, 0.2) is 0 Å². The average Bonchev–Trinajstić information content (AvgIpc) is 2.97. The maximum Gasteiger partial charge on any atom is 0.0113 e. The molecule has 2 N–H and O–H groups in total. The van der Waals surface area contributed by atoms with Gasteiger partial charge < -0.3 is 10.6 Å². The second-order valence-corrected chi connectivity index (χ2v) is 7.34. The van der Waals surface area contributed by atoms with Gasteiger partial charge in [0.05, 0.1) is 0 Å². The summed E-state index contributed by atoms with van der Waals surface area (Å²) in [6.45, 7) is 11.9. The summed E-state index contributed by atoms with van der Waals surface area (Å²) in [6.07, 6.45) is 8.39. The number of rotatable bonds is 7.